The molecule has 0 amide bonds. The third-order valence-electron chi connectivity index (χ3n) is 2.96. The van der Waals surface area contributed by atoms with Crippen molar-refractivity contribution in [1.29, 1.82) is 0 Å². The molecule has 108 valence electrons. The minimum absolute atomic E-state index is 0.0293. The first-order chi connectivity index (χ1) is 9.10. The van der Waals surface area contributed by atoms with Gasteiger partial charge in [-0.1, -0.05) is 0 Å². The lowest BCUT2D eigenvalue weighted by Gasteiger charge is -2.27. The zero-order valence-electron chi connectivity index (χ0n) is 11.6. The number of hydrogen-bond donors (Lipinski definition) is 1. The minimum atomic E-state index is -1.06. The second kappa shape index (κ2) is 7.93. The third-order valence-corrected chi connectivity index (χ3v) is 2.96. The van der Waals surface area contributed by atoms with Crippen molar-refractivity contribution in [3.05, 3.63) is 23.7 Å². The van der Waals surface area contributed by atoms with Gasteiger partial charge in [0.1, 0.15) is 5.76 Å². The van der Waals surface area contributed by atoms with Crippen LogP contribution in [-0.4, -0.2) is 56.5 Å². The van der Waals surface area contributed by atoms with Crippen LogP contribution in [0, 0.1) is 0 Å². The van der Waals surface area contributed by atoms with Crippen molar-refractivity contribution in [2.24, 2.45) is 0 Å². The maximum atomic E-state index is 10.8. The van der Waals surface area contributed by atoms with Crippen LogP contribution in [-0.2, 0) is 9.47 Å². The first-order valence-electron chi connectivity index (χ1n) is 6.15. The average molecular weight is 271 g/mol. The molecule has 0 saturated heterocycles. The molecule has 0 aliphatic heterocycles. The zero-order valence-corrected chi connectivity index (χ0v) is 11.6. The highest BCUT2D eigenvalue weighted by molar-refractivity contribution is 5.84. The second-order valence-electron chi connectivity index (χ2n) is 4.20. The fourth-order valence-electron chi connectivity index (χ4n) is 1.79. The van der Waals surface area contributed by atoms with Gasteiger partial charge in [-0.05, 0) is 19.1 Å². The monoisotopic (exact) mass is 271 g/mol. The van der Waals surface area contributed by atoms with Gasteiger partial charge in [-0.3, -0.25) is 4.90 Å². The minimum Gasteiger partial charge on any atom is -0.475 e. The van der Waals surface area contributed by atoms with Gasteiger partial charge in [0.05, 0.1) is 19.3 Å². The summed E-state index contributed by atoms with van der Waals surface area (Å²) in [5, 5.41) is 8.85. The van der Waals surface area contributed by atoms with Gasteiger partial charge < -0.3 is 19.0 Å². The van der Waals surface area contributed by atoms with Gasteiger partial charge in [0, 0.05) is 27.3 Å². The van der Waals surface area contributed by atoms with Gasteiger partial charge in [0.25, 0.3) is 0 Å². The largest absolute Gasteiger partial charge is 0.475 e. The molecule has 0 radical (unpaired) electrons. The number of methoxy groups -OCH3 is 2. The molecule has 1 aromatic rings. The third kappa shape index (κ3) is 4.66. The highest BCUT2D eigenvalue weighted by Gasteiger charge is 2.20. The molecular formula is C13H21NO5. The Morgan fingerprint density at radius 3 is 2.32 bits per heavy atom. The summed E-state index contributed by atoms with van der Waals surface area (Å²) < 4.78 is 15.5. The maximum Gasteiger partial charge on any atom is 0.371 e. The van der Waals surface area contributed by atoms with E-state index in [1.54, 1.807) is 20.3 Å². The molecule has 0 spiro atoms. The van der Waals surface area contributed by atoms with E-state index in [0.29, 0.717) is 19.0 Å². The summed E-state index contributed by atoms with van der Waals surface area (Å²) in [5.74, 6) is -0.469. The van der Waals surface area contributed by atoms with E-state index in [1.165, 1.54) is 6.07 Å². The lowest BCUT2D eigenvalue weighted by molar-refractivity contribution is 0.0644. The summed E-state index contributed by atoms with van der Waals surface area (Å²) in [7, 11) is 3.29. The lowest BCUT2D eigenvalue weighted by atomic mass is 10.2. The van der Waals surface area contributed by atoms with Crippen molar-refractivity contribution < 1.29 is 23.8 Å². The molecule has 1 unspecified atom stereocenters. The molecule has 0 fully saturated rings. The van der Waals surface area contributed by atoms with Crippen molar-refractivity contribution in [3.8, 4) is 0 Å². The number of nitrogens with zero attached hydrogens (tertiary/aromatic N) is 1. The summed E-state index contributed by atoms with van der Waals surface area (Å²) in [6.07, 6.45) is 0. The summed E-state index contributed by atoms with van der Waals surface area (Å²) in [6, 6.07) is 3.14. The van der Waals surface area contributed by atoms with Crippen LogP contribution in [0.1, 0.15) is 29.3 Å². The van der Waals surface area contributed by atoms with E-state index in [1.807, 2.05) is 6.92 Å². The van der Waals surface area contributed by atoms with E-state index in [9.17, 15) is 4.79 Å². The number of hydrogen-bond acceptors (Lipinski definition) is 5. The Labute approximate surface area is 112 Å². The lowest BCUT2D eigenvalue weighted by Crippen LogP contribution is -2.33. The van der Waals surface area contributed by atoms with E-state index in [4.69, 9.17) is 19.0 Å². The molecule has 0 bridgehead atoms. The van der Waals surface area contributed by atoms with Crippen LogP contribution < -0.4 is 0 Å². The van der Waals surface area contributed by atoms with E-state index in [0.717, 1.165) is 13.1 Å². The second-order valence-corrected chi connectivity index (χ2v) is 4.20. The van der Waals surface area contributed by atoms with Gasteiger partial charge in [-0.2, -0.15) is 0 Å². The molecular weight excluding hydrogens is 250 g/mol. The molecule has 0 aromatic carbocycles. The van der Waals surface area contributed by atoms with Crippen LogP contribution in [0.2, 0.25) is 0 Å². The van der Waals surface area contributed by atoms with Crippen LogP contribution in [0.4, 0.5) is 0 Å². The number of aromatic carboxylic acids is 1. The van der Waals surface area contributed by atoms with E-state index < -0.39 is 5.97 Å². The van der Waals surface area contributed by atoms with E-state index >= 15 is 0 Å². The zero-order chi connectivity index (χ0) is 14.3. The van der Waals surface area contributed by atoms with Gasteiger partial charge in [0.15, 0.2) is 0 Å². The van der Waals surface area contributed by atoms with Gasteiger partial charge >= 0.3 is 5.97 Å². The average Bonchev–Trinajstić information content (AvgIpc) is 2.88. The Hall–Kier alpha value is -1.37. The first kappa shape index (κ1) is 15.7. The number of furan rings is 1. The molecule has 0 saturated carbocycles. The Morgan fingerprint density at radius 1 is 1.32 bits per heavy atom. The molecule has 6 heteroatoms. The van der Waals surface area contributed by atoms with Crippen LogP contribution in [0.25, 0.3) is 0 Å². The van der Waals surface area contributed by atoms with Crippen molar-refractivity contribution in [2.75, 3.05) is 40.5 Å². The van der Waals surface area contributed by atoms with Crippen molar-refractivity contribution in [1.82, 2.24) is 4.90 Å². The molecule has 6 nitrogen and oxygen atoms in total. The summed E-state index contributed by atoms with van der Waals surface area (Å²) in [6.45, 7) is 4.62. The predicted molar refractivity (Wildman–Crippen MR) is 69.4 cm³/mol. The quantitative estimate of drug-likeness (QED) is 0.736. The number of carboxylic acids is 1. The van der Waals surface area contributed by atoms with Crippen molar-refractivity contribution >= 4 is 5.97 Å². The highest BCUT2D eigenvalue weighted by Crippen LogP contribution is 2.22. The Morgan fingerprint density at radius 2 is 1.89 bits per heavy atom. The molecule has 1 atom stereocenters. The molecule has 19 heavy (non-hydrogen) atoms. The predicted octanol–water partition coefficient (Wildman–Crippen LogP) is 1.63. The van der Waals surface area contributed by atoms with Gasteiger partial charge in [-0.15, -0.1) is 0 Å². The smallest absolute Gasteiger partial charge is 0.371 e. The fraction of sp³-hybridized carbons (Fsp3) is 0.615. The summed E-state index contributed by atoms with van der Waals surface area (Å²) in [5.41, 5.74) is 0. The van der Waals surface area contributed by atoms with Crippen LogP contribution in [0.5, 0.6) is 0 Å². The van der Waals surface area contributed by atoms with Crippen LogP contribution >= 0.6 is 0 Å². The van der Waals surface area contributed by atoms with Crippen molar-refractivity contribution in [3.63, 3.8) is 0 Å². The van der Waals surface area contributed by atoms with Crippen LogP contribution in [0.3, 0.4) is 0 Å². The topological polar surface area (TPSA) is 72.1 Å². The normalized spacial score (nSPS) is 12.8. The van der Waals surface area contributed by atoms with Crippen molar-refractivity contribution in [2.45, 2.75) is 13.0 Å². The number of ether oxygens (including phenoxy) is 2. The van der Waals surface area contributed by atoms with E-state index in [2.05, 4.69) is 4.90 Å². The van der Waals surface area contributed by atoms with Gasteiger partial charge in [-0.25, -0.2) is 4.79 Å². The standard InChI is InChI=1S/C13H21NO5/c1-10(11-4-5-12(19-11)13(15)16)14(6-8-17-2)7-9-18-3/h4-5,10H,6-9H2,1-3H3,(H,15,16). The molecule has 1 aromatic heterocycles. The molecule has 1 N–H and O–H groups in total. The number of carbonyl (C=O) groups is 1. The molecule has 1 heterocycles. The van der Waals surface area contributed by atoms with E-state index in [-0.39, 0.29) is 11.8 Å². The van der Waals surface area contributed by atoms with Gasteiger partial charge in [0.2, 0.25) is 5.76 Å². The Kier molecular flexibility index (Phi) is 6.55. The number of rotatable bonds is 9. The maximum absolute atomic E-state index is 10.8. The number of carboxylic acid groups (broad SMARTS) is 1. The molecule has 0 aliphatic rings. The summed E-state index contributed by atoms with van der Waals surface area (Å²) >= 11 is 0. The fourth-order valence-corrected chi connectivity index (χ4v) is 1.79. The molecule has 0 aliphatic carbocycles. The first-order valence-corrected chi connectivity index (χ1v) is 6.15. The SMILES string of the molecule is COCCN(CCOC)C(C)c1ccc(C(=O)O)o1. The summed E-state index contributed by atoms with van der Waals surface area (Å²) in [4.78, 5) is 12.9. The Balaban J connectivity index is 2.72. The Bertz CT molecular complexity index is 382. The highest BCUT2D eigenvalue weighted by atomic mass is 16.5. The van der Waals surface area contributed by atoms with Crippen LogP contribution in [0.15, 0.2) is 16.5 Å². The molecule has 1 rings (SSSR count).